The molecule has 1 aliphatic rings. The largest absolute Gasteiger partial charge is 0.352 e. The second-order valence-corrected chi connectivity index (χ2v) is 7.73. The number of nitrogens with two attached hydrogens (primary N) is 1. The van der Waals surface area contributed by atoms with E-state index in [1.54, 1.807) is 23.9 Å². The maximum atomic E-state index is 13.3. The molecule has 1 aliphatic heterocycles. The molecule has 152 valence electrons. The van der Waals surface area contributed by atoms with Crippen LogP contribution >= 0.6 is 0 Å². The van der Waals surface area contributed by atoms with Gasteiger partial charge in [0.25, 0.3) is 5.56 Å². The molecule has 4 rings (SSSR count). The molecule has 2 aromatic heterocycles. The Morgan fingerprint density at radius 2 is 1.77 bits per heavy atom. The van der Waals surface area contributed by atoms with Gasteiger partial charge in [-0.15, -0.1) is 0 Å². The fraction of sp³-hybridized carbons (Fsp3) is 0.304. The fourth-order valence-corrected chi connectivity index (χ4v) is 3.78. The quantitative estimate of drug-likeness (QED) is 0.725. The number of hydrogen-bond donors (Lipinski definition) is 1. The summed E-state index contributed by atoms with van der Waals surface area (Å²) in [5, 5.41) is 9.08. The second kappa shape index (κ2) is 8.09. The SMILES string of the molecule is Cc1ccc(-c2c(-c3ccc(C#N)nc3)nc(N3CCC(N)CC3)c(=O)n2C)cc1. The van der Waals surface area contributed by atoms with Gasteiger partial charge in [-0.2, -0.15) is 5.26 Å². The molecule has 1 aromatic carbocycles. The molecule has 7 nitrogen and oxygen atoms in total. The summed E-state index contributed by atoms with van der Waals surface area (Å²) in [5.41, 5.74) is 10.4. The van der Waals surface area contributed by atoms with Crippen molar-refractivity contribution in [2.24, 2.45) is 12.8 Å². The molecule has 2 N–H and O–H groups in total. The number of aromatic nitrogens is 3. The number of rotatable bonds is 3. The lowest BCUT2D eigenvalue weighted by molar-refractivity contribution is 0.496. The van der Waals surface area contributed by atoms with E-state index in [4.69, 9.17) is 16.0 Å². The normalized spacial score (nSPS) is 14.5. The van der Waals surface area contributed by atoms with Gasteiger partial charge in [-0.05, 0) is 31.9 Å². The van der Waals surface area contributed by atoms with Crippen LogP contribution in [0, 0.1) is 18.3 Å². The molecule has 7 heteroatoms. The zero-order valence-corrected chi connectivity index (χ0v) is 17.2. The van der Waals surface area contributed by atoms with Crippen LogP contribution in [0.3, 0.4) is 0 Å². The summed E-state index contributed by atoms with van der Waals surface area (Å²) in [5.74, 6) is 0.430. The Balaban J connectivity index is 1.92. The van der Waals surface area contributed by atoms with Crippen LogP contribution in [0.2, 0.25) is 0 Å². The minimum atomic E-state index is -0.133. The van der Waals surface area contributed by atoms with Crippen molar-refractivity contribution in [1.29, 1.82) is 5.26 Å². The van der Waals surface area contributed by atoms with Crippen molar-refractivity contribution < 1.29 is 0 Å². The maximum Gasteiger partial charge on any atom is 0.293 e. The Kier molecular flexibility index (Phi) is 5.34. The second-order valence-electron chi connectivity index (χ2n) is 7.73. The highest BCUT2D eigenvalue weighted by Crippen LogP contribution is 2.31. The van der Waals surface area contributed by atoms with E-state index in [-0.39, 0.29) is 11.6 Å². The van der Waals surface area contributed by atoms with Gasteiger partial charge >= 0.3 is 0 Å². The van der Waals surface area contributed by atoms with Crippen molar-refractivity contribution in [3.63, 3.8) is 0 Å². The predicted molar refractivity (Wildman–Crippen MR) is 117 cm³/mol. The molecular weight excluding hydrogens is 376 g/mol. The van der Waals surface area contributed by atoms with Crippen molar-refractivity contribution in [2.75, 3.05) is 18.0 Å². The third-order valence-electron chi connectivity index (χ3n) is 5.59. The molecule has 0 spiro atoms. The summed E-state index contributed by atoms with van der Waals surface area (Å²) >= 11 is 0. The molecule has 0 atom stereocenters. The minimum absolute atomic E-state index is 0.133. The molecular formula is C23H24N6O. The van der Waals surface area contributed by atoms with Crippen LogP contribution in [-0.4, -0.2) is 33.7 Å². The molecule has 3 heterocycles. The van der Waals surface area contributed by atoms with E-state index in [1.165, 1.54) is 0 Å². The number of benzene rings is 1. The fourth-order valence-electron chi connectivity index (χ4n) is 3.78. The molecule has 0 saturated carbocycles. The maximum absolute atomic E-state index is 13.3. The minimum Gasteiger partial charge on any atom is -0.352 e. The average Bonchev–Trinajstić information content (AvgIpc) is 2.77. The first kappa shape index (κ1) is 19.8. The Morgan fingerprint density at radius 3 is 2.37 bits per heavy atom. The Labute approximate surface area is 175 Å². The van der Waals surface area contributed by atoms with Gasteiger partial charge in [0.15, 0.2) is 5.82 Å². The standard InChI is InChI=1S/C23H24N6O/c1-15-3-5-16(6-4-15)21-20(17-7-8-19(13-24)26-14-17)27-22(23(30)28(21)2)29-11-9-18(25)10-12-29/h3-8,14,18H,9-12,25H2,1-2H3. The molecule has 0 unspecified atom stereocenters. The first-order valence-corrected chi connectivity index (χ1v) is 10.0. The van der Waals surface area contributed by atoms with Gasteiger partial charge in [0.2, 0.25) is 0 Å². The van der Waals surface area contributed by atoms with Crippen molar-refractivity contribution in [1.82, 2.24) is 14.5 Å². The topological polar surface area (TPSA) is 101 Å². The van der Waals surface area contributed by atoms with Gasteiger partial charge in [-0.1, -0.05) is 29.8 Å². The van der Waals surface area contributed by atoms with E-state index < -0.39 is 0 Å². The van der Waals surface area contributed by atoms with Gasteiger partial charge in [0.05, 0.1) is 11.4 Å². The number of piperidine rings is 1. The number of hydrogen-bond acceptors (Lipinski definition) is 6. The van der Waals surface area contributed by atoms with Crippen molar-refractivity contribution in [2.45, 2.75) is 25.8 Å². The lowest BCUT2D eigenvalue weighted by atomic mass is 10.0. The van der Waals surface area contributed by atoms with Crippen LogP contribution in [0.1, 0.15) is 24.1 Å². The van der Waals surface area contributed by atoms with Gasteiger partial charge in [0.1, 0.15) is 11.8 Å². The van der Waals surface area contributed by atoms with Gasteiger partial charge in [-0.25, -0.2) is 9.97 Å². The lowest BCUT2D eigenvalue weighted by Gasteiger charge is -2.31. The highest BCUT2D eigenvalue weighted by molar-refractivity contribution is 5.79. The van der Waals surface area contributed by atoms with Gasteiger partial charge in [-0.3, -0.25) is 4.79 Å². The summed E-state index contributed by atoms with van der Waals surface area (Å²) in [6.45, 7) is 3.44. The summed E-state index contributed by atoms with van der Waals surface area (Å²) in [4.78, 5) is 24.3. The molecule has 1 fully saturated rings. The van der Waals surface area contributed by atoms with E-state index in [0.717, 1.165) is 35.2 Å². The molecule has 30 heavy (non-hydrogen) atoms. The van der Waals surface area contributed by atoms with E-state index in [9.17, 15) is 4.79 Å². The Hall–Kier alpha value is -3.50. The molecule has 3 aromatic rings. The van der Waals surface area contributed by atoms with Crippen LogP contribution in [0.15, 0.2) is 47.4 Å². The third-order valence-corrected chi connectivity index (χ3v) is 5.59. The highest BCUT2D eigenvalue weighted by Gasteiger charge is 2.24. The van der Waals surface area contributed by atoms with Crippen molar-refractivity contribution in [3.8, 4) is 28.6 Å². The smallest absolute Gasteiger partial charge is 0.293 e. The van der Waals surface area contributed by atoms with Crippen LogP contribution in [-0.2, 0) is 7.05 Å². The zero-order chi connectivity index (χ0) is 21.3. The summed E-state index contributed by atoms with van der Waals surface area (Å²) in [6.07, 6.45) is 3.30. The molecule has 0 amide bonds. The highest BCUT2D eigenvalue weighted by atomic mass is 16.1. The monoisotopic (exact) mass is 400 g/mol. The first-order chi connectivity index (χ1) is 14.5. The lowest BCUT2D eigenvalue weighted by Crippen LogP contribution is -2.43. The van der Waals surface area contributed by atoms with E-state index in [0.29, 0.717) is 30.3 Å². The van der Waals surface area contributed by atoms with Crippen LogP contribution in [0.5, 0.6) is 0 Å². The van der Waals surface area contributed by atoms with Gasteiger partial charge < -0.3 is 15.2 Å². The Morgan fingerprint density at radius 1 is 1.10 bits per heavy atom. The number of aryl methyl sites for hydroxylation is 1. The zero-order valence-electron chi connectivity index (χ0n) is 17.2. The average molecular weight is 400 g/mol. The number of nitrogens with zero attached hydrogens (tertiary/aromatic N) is 5. The summed E-state index contributed by atoms with van der Waals surface area (Å²) in [7, 11) is 1.78. The van der Waals surface area contributed by atoms with Crippen molar-refractivity contribution in [3.05, 3.63) is 64.2 Å². The van der Waals surface area contributed by atoms with Gasteiger partial charge in [0, 0.05) is 43.5 Å². The van der Waals surface area contributed by atoms with E-state index >= 15 is 0 Å². The number of pyridine rings is 1. The molecule has 0 radical (unpaired) electrons. The van der Waals surface area contributed by atoms with Crippen LogP contribution in [0.25, 0.3) is 22.5 Å². The first-order valence-electron chi connectivity index (χ1n) is 10.0. The summed E-state index contributed by atoms with van der Waals surface area (Å²) < 4.78 is 1.66. The Bertz CT molecular complexity index is 1150. The number of anilines is 1. The summed E-state index contributed by atoms with van der Waals surface area (Å²) in [6, 6.07) is 13.7. The third kappa shape index (κ3) is 3.70. The van der Waals surface area contributed by atoms with E-state index in [2.05, 4.69) is 4.98 Å². The molecule has 1 saturated heterocycles. The van der Waals surface area contributed by atoms with E-state index in [1.807, 2.05) is 48.2 Å². The molecule has 0 aliphatic carbocycles. The van der Waals surface area contributed by atoms with Crippen molar-refractivity contribution >= 4 is 5.82 Å². The molecule has 0 bridgehead atoms. The predicted octanol–water partition coefficient (Wildman–Crippen LogP) is 2.62. The number of nitriles is 1. The van der Waals surface area contributed by atoms with Crippen LogP contribution in [0.4, 0.5) is 5.82 Å². The van der Waals surface area contributed by atoms with Crippen LogP contribution < -0.4 is 16.2 Å².